The molecule has 1 saturated heterocycles. The van der Waals surface area contributed by atoms with Crippen LogP contribution in [0.15, 0.2) is 18.2 Å². The molecule has 0 spiro atoms. The van der Waals surface area contributed by atoms with E-state index >= 15 is 0 Å². The van der Waals surface area contributed by atoms with Crippen molar-refractivity contribution in [2.45, 2.75) is 18.9 Å². The van der Waals surface area contributed by atoms with E-state index in [1.165, 1.54) is 0 Å². The van der Waals surface area contributed by atoms with Crippen LogP contribution in [0.25, 0.3) is 0 Å². The summed E-state index contributed by atoms with van der Waals surface area (Å²) >= 11 is 0. The molecule has 1 unspecified atom stereocenters. The number of ether oxygens (including phenoxy) is 1. The van der Waals surface area contributed by atoms with E-state index in [9.17, 15) is 5.11 Å². The van der Waals surface area contributed by atoms with Gasteiger partial charge in [0.2, 0.25) is 0 Å². The molecule has 1 aromatic carbocycles. The summed E-state index contributed by atoms with van der Waals surface area (Å²) in [6.07, 6.45) is 2.12. The second kappa shape index (κ2) is 4.61. The summed E-state index contributed by atoms with van der Waals surface area (Å²) in [6.45, 7) is 1.12. The van der Waals surface area contributed by atoms with Crippen molar-refractivity contribution in [2.75, 3.05) is 30.9 Å². The Morgan fingerprint density at radius 1 is 1.56 bits per heavy atom. The highest BCUT2D eigenvalue weighted by Crippen LogP contribution is 2.33. The monoisotopic (exact) mass is 222 g/mol. The standard InChI is InChI=1S/C12H18N2O2/c1-16-10-4-5-11(13)12(7-10)14-6-2-3-9(14)8-15/h4-5,7,9,15H,2-3,6,8,13H2,1H3. The number of aliphatic hydroxyl groups is 1. The molecule has 0 aliphatic carbocycles. The van der Waals surface area contributed by atoms with Crippen molar-refractivity contribution >= 4 is 11.4 Å². The largest absolute Gasteiger partial charge is 0.497 e. The van der Waals surface area contributed by atoms with E-state index in [0.717, 1.165) is 36.5 Å². The average molecular weight is 222 g/mol. The first-order valence-corrected chi connectivity index (χ1v) is 5.57. The highest BCUT2D eigenvalue weighted by molar-refractivity contribution is 5.70. The van der Waals surface area contributed by atoms with Crippen molar-refractivity contribution < 1.29 is 9.84 Å². The Morgan fingerprint density at radius 2 is 2.38 bits per heavy atom. The lowest BCUT2D eigenvalue weighted by Crippen LogP contribution is -2.32. The normalized spacial score (nSPS) is 20.1. The zero-order valence-corrected chi connectivity index (χ0v) is 9.52. The van der Waals surface area contributed by atoms with E-state index in [2.05, 4.69) is 4.90 Å². The van der Waals surface area contributed by atoms with Gasteiger partial charge in [0, 0.05) is 12.6 Å². The van der Waals surface area contributed by atoms with Crippen molar-refractivity contribution in [3.05, 3.63) is 18.2 Å². The van der Waals surface area contributed by atoms with Gasteiger partial charge in [-0.3, -0.25) is 0 Å². The molecular weight excluding hydrogens is 204 g/mol. The van der Waals surface area contributed by atoms with Crippen LogP contribution in [0.5, 0.6) is 5.75 Å². The highest BCUT2D eigenvalue weighted by atomic mass is 16.5. The van der Waals surface area contributed by atoms with Crippen LogP contribution in [0.3, 0.4) is 0 Å². The third kappa shape index (κ3) is 1.93. The Morgan fingerprint density at radius 3 is 3.06 bits per heavy atom. The van der Waals surface area contributed by atoms with Gasteiger partial charge in [0.25, 0.3) is 0 Å². The number of methoxy groups -OCH3 is 1. The van der Waals surface area contributed by atoms with Gasteiger partial charge in [-0.25, -0.2) is 0 Å². The number of nitrogens with two attached hydrogens (primary N) is 1. The molecule has 0 aromatic heterocycles. The minimum Gasteiger partial charge on any atom is -0.497 e. The van der Waals surface area contributed by atoms with Crippen molar-refractivity contribution in [1.82, 2.24) is 0 Å². The van der Waals surface area contributed by atoms with E-state index in [1.54, 1.807) is 7.11 Å². The minimum absolute atomic E-state index is 0.177. The molecular formula is C12H18N2O2. The number of aliphatic hydroxyl groups excluding tert-OH is 1. The summed E-state index contributed by atoms with van der Waals surface area (Å²) in [5.41, 5.74) is 7.67. The molecule has 1 aliphatic rings. The maximum absolute atomic E-state index is 9.30. The van der Waals surface area contributed by atoms with Crippen LogP contribution in [0.2, 0.25) is 0 Å². The lowest BCUT2D eigenvalue weighted by atomic mass is 10.2. The first kappa shape index (κ1) is 11.1. The first-order valence-electron chi connectivity index (χ1n) is 5.57. The molecule has 88 valence electrons. The molecule has 1 aliphatic heterocycles. The lowest BCUT2D eigenvalue weighted by Gasteiger charge is -2.26. The van der Waals surface area contributed by atoms with Crippen LogP contribution in [0.4, 0.5) is 11.4 Å². The van der Waals surface area contributed by atoms with Gasteiger partial charge in [-0.2, -0.15) is 0 Å². The average Bonchev–Trinajstić information content (AvgIpc) is 2.77. The quantitative estimate of drug-likeness (QED) is 0.755. The number of hydrogen-bond acceptors (Lipinski definition) is 4. The number of benzene rings is 1. The van der Waals surface area contributed by atoms with Crippen molar-refractivity contribution in [3.63, 3.8) is 0 Å². The summed E-state index contributed by atoms with van der Waals surface area (Å²) in [7, 11) is 1.64. The van der Waals surface area contributed by atoms with Gasteiger partial charge in [-0.15, -0.1) is 0 Å². The van der Waals surface area contributed by atoms with E-state index in [0.29, 0.717) is 0 Å². The molecule has 1 aromatic rings. The number of rotatable bonds is 3. The van der Waals surface area contributed by atoms with Gasteiger partial charge >= 0.3 is 0 Å². The maximum Gasteiger partial charge on any atom is 0.121 e. The third-order valence-electron chi connectivity index (χ3n) is 3.13. The van der Waals surface area contributed by atoms with Gasteiger partial charge in [0.1, 0.15) is 5.75 Å². The van der Waals surface area contributed by atoms with Crippen molar-refractivity contribution in [2.24, 2.45) is 0 Å². The summed E-state index contributed by atoms with van der Waals surface area (Å²) in [4.78, 5) is 2.16. The predicted molar refractivity (Wildman–Crippen MR) is 64.9 cm³/mol. The fourth-order valence-corrected chi connectivity index (χ4v) is 2.24. The Kier molecular flexibility index (Phi) is 3.19. The zero-order valence-electron chi connectivity index (χ0n) is 9.52. The van der Waals surface area contributed by atoms with Gasteiger partial charge < -0.3 is 20.5 Å². The van der Waals surface area contributed by atoms with Crippen LogP contribution in [-0.4, -0.2) is 31.4 Å². The zero-order chi connectivity index (χ0) is 11.5. The van der Waals surface area contributed by atoms with Gasteiger partial charge in [0.05, 0.1) is 31.1 Å². The second-order valence-corrected chi connectivity index (χ2v) is 4.10. The molecule has 3 N–H and O–H groups in total. The van der Waals surface area contributed by atoms with Gasteiger partial charge in [-0.05, 0) is 25.0 Å². The Hall–Kier alpha value is -1.42. The summed E-state index contributed by atoms with van der Waals surface area (Å²) in [5.74, 6) is 0.799. The van der Waals surface area contributed by atoms with Crippen LogP contribution in [-0.2, 0) is 0 Å². The van der Waals surface area contributed by atoms with E-state index in [4.69, 9.17) is 10.5 Å². The number of hydrogen-bond donors (Lipinski definition) is 2. The summed E-state index contributed by atoms with van der Waals surface area (Å²) in [5, 5.41) is 9.30. The fraction of sp³-hybridized carbons (Fsp3) is 0.500. The molecule has 2 rings (SSSR count). The second-order valence-electron chi connectivity index (χ2n) is 4.10. The third-order valence-corrected chi connectivity index (χ3v) is 3.13. The molecule has 16 heavy (non-hydrogen) atoms. The Labute approximate surface area is 95.6 Å². The topological polar surface area (TPSA) is 58.7 Å². The molecule has 0 bridgehead atoms. The smallest absolute Gasteiger partial charge is 0.121 e. The molecule has 4 nitrogen and oxygen atoms in total. The molecule has 1 atom stereocenters. The van der Waals surface area contributed by atoms with Crippen LogP contribution < -0.4 is 15.4 Å². The lowest BCUT2D eigenvalue weighted by molar-refractivity contribution is 0.266. The number of nitrogen functional groups attached to an aromatic ring is 1. The van der Waals surface area contributed by atoms with Crippen molar-refractivity contribution in [1.29, 1.82) is 0 Å². The number of nitrogens with zero attached hydrogens (tertiary/aromatic N) is 1. The molecule has 0 saturated carbocycles. The highest BCUT2D eigenvalue weighted by Gasteiger charge is 2.25. The summed E-state index contributed by atoms with van der Waals surface area (Å²) < 4.78 is 5.19. The van der Waals surface area contributed by atoms with Crippen LogP contribution in [0, 0.1) is 0 Å². The SMILES string of the molecule is COc1ccc(N)c(N2CCCC2CO)c1. The van der Waals surface area contributed by atoms with E-state index in [1.807, 2.05) is 18.2 Å². The Bertz CT molecular complexity index is 368. The van der Waals surface area contributed by atoms with Crippen LogP contribution in [0.1, 0.15) is 12.8 Å². The van der Waals surface area contributed by atoms with Crippen molar-refractivity contribution in [3.8, 4) is 5.75 Å². The fourth-order valence-electron chi connectivity index (χ4n) is 2.24. The summed E-state index contributed by atoms with van der Waals surface area (Å²) in [6, 6.07) is 5.82. The Balaban J connectivity index is 2.31. The molecule has 1 fully saturated rings. The number of anilines is 2. The van der Waals surface area contributed by atoms with Gasteiger partial charge in [-0.1, -0.05) is 0 Å². The molecule has 1 heterocycles. The minimum atomic E-state index is 0.177. The van der Waals surface area contributed by atoms with E-state index < -0.39 is 0 Å². The molecule has 4 heteroatoms. The van der Waals surface area contributed by atoms with Gasteiger partial charge in [0.15, 0.2) is 0 Å². The molecule has 0 amide bonds. The van der Waals surface area contributed by atoms with E-state index in [-0.39, 0.29) is 12.6 Å². The maximum atomic E-state index is 9.30. The predicted octanol–water partition coefficient (Wildman–Crippen LogP) is 1.24. The molecule has 0 radical (unpaired) electrons. The first-order chi connectivity index (χ1) is 7.76. The van der Waals surface area contributed by atoms with Crippen LogP contribution >= 0.6 is 0 Å².